The molecule has 4 aliphatic carbocycles. The second-order valence-corrected chi connectivity index (χ2v) is 12.8. The smallest absolute Gasteiger partial charge is 0.0574 e. The first-order chi connectivity index (χ1) is 14.2. The third-order valence-electron chi connectivity index (χ3n) is 11.3. The van der Waals surface area contributed by atoms with E-state index in [1.54, 1.807) is 0 Å². The molecule has 0 spiro atoms. The Labute approximate surface area is 187 Å². The molecule has 0 amide bonds. The number of rotatable bonds is 6. The number of hydrogen-bond acceptors (Lipinski definition) is 1. The SMILES string of the molecule is COC1CCC2(C)C3=C(CCC2C1)C1CCC(C(C)CCC(C)C(C)C)C1(C)CC3. The van der Waals surface area contributed by atoms with E-state index in [-0.39, 0.29) is 0 Å². The van der Waals surface area contributed by atoms with Gasteiger partial charge in [0.2, 0.25) is 0 Å². The summed E-state index contributed by atoms with van der Waals surface area (Å²) in [6.45, 7) is 15.2. The third kappa shape index (κ3) is 3.74. The van der Waals surface area contributed by atoms with Crippen molar-refractivity contribution in [2.75, 3.05) is 7.11 Å². The van der Waals surface area contributed by atoms with Crippen LogP contribution in [0.2, 0.25) is 0 Å². The van der Waals surface area contributed by atoms with Crippen LogP contribution in [0, 0.1) is 46.3 Å². The van der Waals surface area contributed by atoms with E-state index in [9.17, 15) is 0 Å². The molecule has 1 heteroatoms. The second kappa shape index (κ2) is 8.57. The van der Waals surface area contributed by atoms with Gasteiger partial charge in [-0.1, -0.05) is 65.5 Å². The van der Waals surface area contributed by atoms with Crippen molar-refractivity contribution in [2.45, 2.75) is 118 Å². The minimum atomic E-state index is 0.486. The van der Waals surface area contributed by atoms with Crippen LogP contribution < -0.4 is 0 Å². The van der Waals surface area contributed by atoms with E-state index in [0.717, 1.165) is 35.5 Å². The van der Waals surface area contributed by atoms with Crippen LogP contribution in [0.4, 0.5) is 0 Å². The van der Waals surface area contributed by atoms with Crippen molar-refractivity contribution in [3.63, 3.8) is 0 Å². The Kier molecular flexibility index (Phi) is 6.53. The summed E-state index contributed by atoms with van der Waals surface area (Å²) in [7, 11) is 1.93. The third-order valence-corrected chi connectivity index (χ3v) is 11.3. The molecule has 0 saturated heterocycles. The highest BCUT2D eigenvalue weighted by molar-refractivity contribution is 5.34. The maximum atomic E-state index is 5.79. The van der Waals surface area contributed by atoms with Crippen LogP contribution in [-0.4, -0.2) is 13.2 Å². The summed E-state index contributed by atoms with van der Waals surface area (Å²) in [5.41, 5.74) is 4.97. The van der Waals surface area contributed by atoms with Gasteiger partial charge < -0.3 is 4.74 Å². The van der Waals surface area contributed by atoms with E-state index in [0.29, 0.717) is 16.9 Å². The molecular weight excluding hydrogens is 364 g/mol. The van der Waals surface area contributed by atoms with Crippen LogP contribution in [0.15, 0.2) is 11.1 Å². The van der Waals surface area contributed by atoms with Crippen molar-refractivity contribution in [2.24, 2.45) is 46.3 Å². The summed E-state index contributed by atoms with van der Waals surface area (Å²) in [5.74, 6) is 5.31. The highest BCUT2D eigenvalue weighted by atomic mass is 16.5. The summed E-state index contributed by atoms with van der Waals surface area (Å²) in [4.78, 5) is 0. The van der Waals surface area contributed by atoms with Crippen LogP contribution in [0.25, 0.3) is 0 Å². The van der Waals surface area contributed by atoms with Gasteiger partial charge in [0.15, 0.2) is 0 Å². The fraction of sp³-hybridized carbons (Fsp3) is 0.931. The van der Waals surface area contributed by atoms with Crippen molar-refractivity contribution >= 4 is 0 Å². The summed E-state index contributed by atoms with van der Waals surface area (Å²) in [6, 6.07) is 0. The molecule has 0 radical (unpaired) electrons. The summed E-state index contributed by atoms with van der Waals surface area (Å²) < 4.78 is 5.79. The Hall–Kier alpha value is -0.300. The van der Waals surface area contributed by atoms with Crippen molar-refractivity contribution in [3.8, 4) is 0 Å². The predicted octanol–water partition coefficient (Wildman–Crippen LogP) is 8.43. The number of allylic oxidation sites excluding steroid dienone is 2. The van der Waals surface area contributed by atoms with Crippen molar-refractivity contribution in [1.82, 2.24) is 0 Å². The first-order valence-corrected chi connectivity index (χ1v) is 13.5. The zero-order valence-corrected chi connectivity index (χ0v) is 21.2. The van der Waals surface area contributed by atoms with E-state index in [1.165, 1.54) is 70.6 Å². The Morgan fingerprint density at radius 1 is 0.933 bits per heavy atom. The number of methoxy groups -OCH3 is 1. The van der Waals surface area contributed by atoms with Crippen molar-refractivity contribution in [1.29, 1.82) is 0 Å². The lowest BCUT2D eigenvalue weighted by molar-refractivity contribution is -0.00949. The molecule has 2 fully saturated rings. The normalized spacial score (nSPS) is 43.2. The lowest BCUT2D eigenvalue weighted by Gasteiger charge is -2.55. The van der Waals surface area contributed by atoms with Gasteiger partial charge in [-0.3, -0.25) is 0 Å². The van der Waals surface area contributed by atoms with Gasteiger partial charge in [-0.25, -0.2) is 0 Å². The fourth-order valence-electron chi connectivity index (χ4n) is 8.67. The molecule has 0 aromatic rings. The minimum Gasteiger partial charge on any atom is -0.381 e. The average molecular weight is 415 g/mol. The molecule has 30 heavy (non-hydrogen) atoms. The zero-order chi connectivity index (χ0) is 21.7. The summed E-state index contributed by atoms with van der Waals surface area (Å²) in [6.07, 6.45) is 16.0. The topological polar surface area (TPSA) is 9.23 Å². The minimum absolute atomic E-state index is 0.486. The van der Waals surface area contributed by atoms with Crippen LogP contribution >= 0.6 is 0 Å². The quantitative estimate of drug-likeness (QED) is 0.396. The fourth-order valence-corrected chi connectivity index (χ4v) is 8.67. The van der Waals surface area contributed by atoms with Gasteiger partial charge in [0.05, 0.1) is 6.10 Å². The predicted molar refractivity (Wildman–Crippen MR) is 128 cm³/mol. The molecule has 172 valence electrons. The van der Waals surface area contributed by atoms with E-state index >= 15 is 0 Å². The summed E-state index contributed by atoms with van der Waals surface area (Å²) in [5, 5.41) is 0. The lowest BCUT2D eigenvalue weighted by atomic mass is 9.50. The van der Waals surface area contributed by atoms with Gasteiger partial charge in [-0.2, -0.15) is 0 Å². The Morgan fingerprint density at radius 2 is 1.70 bits per heavy atom. The highest BCUT2D eigenvalue weighted by Crippen LogP contribution is 2.66. The molecule has 4 rings (SSSR count). The molecule has 0 bridgehead atoms. The van der Waals surface area contributed by atoms with Crippen LogP contribution in [0.1, 0.15) is 112 Å². The summed E-state index contributed by atoms with van der Waals surface area (Å²) >= 11 is 0. The molecule has 0 heterocycles. The van der Waals surface area contributed by atoms with Gasteiger partial charge in [0.25, 0.3) is 0 Å². The molecule has 4 aliphatic rings. The second-order valence-electron chi connectivity index (χ2n) is 12.8. The molecule has 0 aromatic carbocycles. The molecule has 0 N–H and O–H groups in total. The largest absolute Gasteiger partial charge is 0.381 e. The van der Waals surface area contributed by atoms with Gasteiger partial charge in [0.1, 0.15) is 0 Å². The number of ether oxygens (including phenoxy) is 1. The van der Waals surface area contributed by atoms with Crippen molar-refractivity contribution in [3.05, 3.63) is 11.1 Å². The Morgan fingerprint density at radius 3 is 2.40 bits per heavy atom. The molecule has 8 unspecified atom stereocenters. The van der Waals surface area contributed by atoms with Gasteiger partial charge >= 0.3 is 0 Å². The van der Waals surface area contributed by atoms with Gasteiger partial charge in [-0.15, -0.1) is 0 Å². The van der Waals surface area contributed by atoms with E-state index < -0.39 is 0 Å². The van der Waals surface area contributed by atoms with Gasteiger partial charge in [0, 0.05) is 7.11 Å². The highest BCUT2D eigenvalue weighted by Gasteiger charge is 2.55. The average Bonchev–Trinajstić information content (AvgIpc) is 3.08. The number of hydrogen-bond donors (Lipinski definition) is 0. The molecule has 1 nitrogen and oxygen atoms in total. The van der Waals surface area contributed by atoms with E-state index in [4.69, 9.17) is 4.74 Å². The van der Waals surface area contributed by atoms with Crippen LogP contribution in [-0.2, 0) is 4.74 Å². The molecular formula is C29H50O. The lowest BCUT2D eigenvalue weighted by Crippen LogP contribution is -2.45. The Balaban J connectivity index is 1.51. The van der Waals surface area contributed by atoms with Crippen molar-refractivity contribution < 1.29 is 4.74 Å². The molecule has 0 aromatic heterocycles. The standard InChI is InChI=1S/C29H50O/c1-19(2)20(3)8-9-21(4)25-12-13-26-24-11-10-22-18-23(30-7)14-16-28(22,5)27(24)15-17-29(25,26)6/h19-23,25-26H,8-18H2,1-7H3. The van der Waals surface area contributed by atoms with Crippen LogP contribution in [0.3, 0.4) is 0 Å². The van der Waals surface area contributed by atoms with E-state index in [1.807, 2.05) is 18.3 Å². The first-order valence-electron chi connectivity index (χ1n) is 13.5. The molecule has 0 aliphatic heterocycles. The monoisotopic (exact) mass is 414 g/mol. The Bertz CT molecular complexity index is 647. The molecule has 8 atom stereocenters. The maximum absolute atomic E-state index is 5.79. The maximum Gasteiger partial charge on any atom is 0.0574 e. The number of fused-ring (bicyclic) bond motifs is 4. The zero-order valence-electron chi connectivity index (χ0n) is 21.2. The first kappa shape index (κ1) is 22.9. The molecule has 2 saturated carbocycles. The van der Waals surface area contributed by atoms with E-state index in [2.05, 4.69) is 41.5 Å². The van der Waals surface area contributed by atoms with Gasteiger partial charge in [-0.05, 0) is 104 Å². The van der Waals surface area contributed by atoms with Crippen LogP contribution in [0.5, 0.6) is 0 Å².